The summed E-state index contributed by atoms with van der Waals surface area (Å²) in [7, 11) is 0. The van der Waals surface area contributed by atoms with Gasteiger partial charge in [0, 0.05) is 0 Å². The maximum absolute atomic E-state index is 11.9. The van der Waals surface area contributed by atoms with E-state index < -0.39 is 53.0 Å². The van der Waals surface area contributed by atoms with Crippen molar-refractivity contribution in [1.82, 2.24) is 0 Å². The van der Waals surface area contributed by atoms with Crippen LogP contribution in [-0.4, -0.2) is 34.7 Å². The zero-order valence-corrected chi connectivity index (χ0v) is 11.5. The van der Waals surface area contributed by atoms with Gasteiger partial charge in [-0.2, -0.15) is 0 Å². The first-order valence-electron chi connectivity index (χ1n) is 6.32. The summed E-state index contributed by atoms with van der Waals surface area (Å²) in [5.41, 5.74) is 0.327. The maximum atomic E-state index is 11.9. The molecule has 2 atom stereocenters. The van der Waals surface area contributed by atoms with Gasteiger partial charge in [0.15, 0.2) is 34.7 Å². The second-order valence-corrected chi connectivity index (χ2v) is 5.16. The van der Waals surface area contributed by atoms with Gasteiger partial charge in [0.05, 0.1) is 6.42 Å². The molecule has 0 saturated carbocycles. The van der Waals surface area contributed by atoms with Crippen molar-refractivity contribution in [1.29, 1.82) is 0 Å². The molecule has 0 saturated heterocycles. The van der Waals surface area contributed by atoms with Gasteiger partial charge in [0.25, 0.3) is 0 Å². The highest BCUT2D eigenvalue weighted by Gasteiger charge is 2.43. The lowest BCUT2D eigenvalue weighted by molar-refractivity contribution is -0.138. The molecular formula is C15H12O6. The summed E-state index contributed by atoms with van der Waals surface area (Å²) < 4.78 is 0. The summed E-state index contributed by atoms with van der Waals surface area (Å²) in [6, 6.07) is 0. The minimum Gasteiger partial charge on any atom is -0.298 e. The van der Waals surface area contributed by atoms with Crippen molar-refractivity contribution >= 4 is 34.7 Å². The molecule has 0 spiro atoms. The third-order valence-corrected chi connectivity index (χ3v) is 3.58. The molecule has 0 radical (unpaired) electrons. The van der Waals surface area contributed by atoms with Crippen molar-refractivity contribution in [2.45, 2.75) is 20.3 Å². The average Bonchev–Trinajstić information content (AvgIpc) is 2.76. The summed E-state index contributed by atoms with van der Waals surface area (Å²) in [6.45, 7) is 2.82. The van der Waals surface area contributed by atoms with Gasteiger partial charge in [-0.1, -0.05) is 0 Å². The molecule has 2 rings (SSSR count). The van der Waals surface area contributed by atoms with Crippen LogP contribution in [0.3, 0.4) is 0 Å². The van der Waals surface area contributed by atoms with E-state index >= 15 is 0 Å². The molecule has 0 aromatic rings. The number of allylic oxidation sites excluding steroid dienone is 4. The van der Waals surface area contributed by atoms with Crippen molar-refractivity contribution in [3.05, 3.63) is 23.3 Å². The Balaban J connectivity index is 2.10. The van der Waals surface area contributed by atoms with E-state index in [1.54, 1.807) is 0 Å². The highest BCUT2D eigenvalue weighted by atomic mass is 16.2. The molecule has 108 valence electrons. The van der Waals surface area contributed by atoms with Gasteiger partial charge in [-0.25, -0.2) is 0 Å². The van der Waals surface area contributed by atoms with Crippen LogP contribution in [-0.2, 0) is 28.8 Å². The maximum Gasteiger partial charge on any atom is 0.176 e. The van der Waals surface area contributed by atoms with Crippen LogP contribution in [0.4, 0.5) is 0 Å². The Hall–Kier alpha value is -2.50. The van der Waals surface area contributed by atoms with Crippen molar-refractivity contribution in [2.24, 2.45) is 11.8 Å². The topological polar surface area (TPSA) is 102 Å². The van der Waals surface area contributed by atoms with E-state index in [1.165, 1.54) is 13.8 Å². The van der Waals surface area contributed by atoms with Crippen molar-refractivity contribution in [2.75, 3.05) is 0 Å². The van der Waals surface area contributed by atoms with Gasteiger partial charge < -0.3 is 0 Å². The van der Waals surface area contributed by atoms with Crippen molar-refractivity contribution in [3.8, 4) is 0 Å². The first-order valence-corrected chi connectivity index (χ1v) is 6.32. The zero-order valence-electron chi connectivity index (χ0n) is 11.5. The molecule has 2 aliphatic carbocycles. The summed E-state index contributed by atoms with van der Waals surface area (Å²) in [6.07, 6.45) is 1.35. The van der Waals surface area contributed by atoms with Crippen molar-refractivity contribution < 1.29 is 28.8 Å². The Morgan fingerprint density at radius 1 is 0.810 bits per heavy atom. The second kappa shape index (κ2) is 5.12. The molecule has 0 fully saturated rings. The molecule has 2 unspecified atom stereocenters. The van der Waals surface area contributed by atoms with E-state index in [2.05, 4.69) is 0 Å². The van der Waals surface area contributed by atoms with E-state index in [1.807, 2.05) is 0 Å². The second-order valence-electron chi connectivity index (χ2n) is 5.16. The lowest BCUT2D eigenvalue weighted by atomic mass is 9.89. The van der Waals surface area contributed by atoms with Crippen LogP contribution < -0.4 is 0 Å². The van der Waals surface area contributed by atoms with E-state index in [-0.39, 0.29) is 11.1 Å². The normalized spacial score (nSPS) is 25.2. The lowest BCUT2D eigenvalue weighted by Crippen LogP contribution is -2.33. The predicted octanol–water partition coefficient (Wildman–Crippen LogP) is -0.0567. The Bertz CT molecular complexity index is 618. The number of hydrogen-bond donors (Lipinski definition) is 0. The molecule has 0 aliphatic heterocycles. The zero-order chi connectivity index (χ0) is 15.9. The summed E-state index contributed by atoms with van der Waals surface area (Å²) >= 11 is 0. The molecule has 6 nitrogen and oxygen atoms in total. The lowest BCUT2D eigenvalue weighted by Gasteiger charge is -2.09. The van der Waals surface area contributed by atoms with Crippen LogP contribution >= 0.6 is 0 Å². The van der Waals surface area contributed by atoms with E-state index in [0.29, 0.717) is 0 Å². The molecular weight excluding hydrogens is 276 g/mol. The molecule has 0 amide bonds. The molecule has 0 heterocycles. The Morgan fingerprint density at radius 2 is 1.14 bits per heavy atom. The fourth-order valence-electron chi connectivity index (χ4n) is 2.44. The minimum absolute atomic E-state index is 0.163. The Labute approximate surface area is 119 Å². The van der Waals surface area contributed by atoms with Crippen LogP contribution in [0.15, 0.2) is 23.3 Å². The average molecular weight is 288 g/mol. The number of Topliss-reactive ketones (excluding diaryl/α,β-unsaturated/α-hetero) is 4. The molecule has 6 heteroatoms. The van der Waals surface area contributed by atoms with Gasteiger partial charge in [0.1, 0.15) is 11.8 Å². The third-order valence-electron chi connectivity index (χ3n) is 3.58. The first-order chi connectivity index (χ1) is 9.73. The van der Waals surface area contributed by atoms with Gasteiger partial charge in [-0.05, 0) is 37.1 Å². The number of carbonyl (C=O) groups is 6. The number of ketones is 6. The number of carbonyl (C=O) groups excluding carboxylic acids is 6. The van der Waals surface area contributed by atoms with E-state index in [0.717, 1.165) is 12.2 Å². The van der Waals surface area contributed by atoms with Gasteiger partial charge >= 0.3 is 0 Å². The third kappa shape index (κ3) is 2.44. The van der Waals surface area contributed by atoms with Crippen LogP contribution in [0.2, 0.25) is 0 Å². The largest absolute Gasteiger partial charge is 0.298 e. The fraction of sp³-hybridized carbons (Fsp3) is 0.333. The Kier molecular flexibility index (Phi) is 3.63. The van der Waals surface area contributed by atoms with Crippen LogP contribution in [0.1, 0.15) is 20.3 Å². The van der Waals surface area contributed by atoms with Gasteiger partial charge in [-0.3, -0.25) is 28.8 Å². The van der Waals surface area contributed by atoms with Crippen LogP contribution in [0.5, 0.6) is 0 Å². The quantitative estimate of drug-likeness (QED) is 0.672. The summed E-state index contributed by atoms with van der Waals surface area (Å²) in [4.78, 5) is 70.3. The fourth-order valence-corrected chi connectivity index (χ4v) is 2.44. The minimum atomic E-state index is -1.50. The molecule has 0 aromatic heterocycles. The smallest absolute Gasteiger partial charge is 0.176 e. The summed E-state index contributed by atoms with van der Waals surface area (Å²) in [5, 5.41) is 0. The number of rotatable bonds is 4. The van der Waals surface area contributed by atoms with Crippen LogP contribution in [0.25, 0.3) is 0 Å². The number of hydrogen-bond acceptors (Lipinski definition) is 6. The summed E-state index contributed by atoms with van der Waals surface area (Å²) in [5.74, 6) is -7.32. The first kappa shape index (κ1) is 14.9. The van der Waals surface area contributed by atoms with Gasteiger partial charge in [0.2, 0.25) is 0 Å². The van der Waals surface area contributed by atoms with Gasteiger partial charge in [-0.15, -0.1) is 0 Å². The van der Waals surface area contributed by atoms with E-state index in [4.69, 9.17) is 0 Å². The molecule has 0 aromatic carbocycles. The molecule has 0 N–H and O–H groups in total. The molecule has 21 heavy (non-hydrogen) atoms. The SMILES string of the molecule is CC1=CC(=O)C(C(=O)CC(=O)C2C(=O)C=C(C)C2=O)C1=O. The monoisotopic (exact) mass is 288 g/mol. The van der Waals surface area contributed by atoms with Crippen molar-refractivity contribution in [3.63, 3.8) is 0 Å². The van der Waals surface area contributed by atoms with Crippen LogP contribution in [0, 0.1) is 11.8 Å². The van der Waals surface area contributed by atoms with E-state index in [9.17, 15) is 28.8 Å². The highest BCUT2D eigenvalue weighted by molar-refractivity contribution is 6.37. The predicted molar refractivity (Wildman–Crippen MR) is 69.2 cm³/mol. The molecule has 0 bridgehead atoms. The highest BCUT2D eigenvalue weighted by Crippen LogP contribution is 2.23. The Morgan fingerprint density at radius 3 is 1.38 bits per heavy atom. The standard InChI is InChI=1S/C15H12O6/c1-6-3-8(16)12(14(6)20)10(18)5-11(19)13-9(17)4-7(2)15(13)21/h3-4,12-13H,5H2,1-2H3. The molecule has 2 aliphatic rings.